The molecule has 0 saturated carbocycles. The zero-order chi connectivity index (χ0) is 17.8. The fraction of sp³-hybridized carbons (Fsp3) is 0.0588. The van der Waals surface area contributed by atoms with E-state index in [0.29, 0.717) is 16.4 Å². The van der Waals surface area contributed by atoms with Crippen LogP contribution in [0.3, 0.4) is 0 Å². The normalized spacial score (nSPS) is 11.0. The lowest BCUT2D eigenvalue weighted by Gasteiger charge is -2.00. The highest BCUT2D eigenvalue weighted by atomic mass is 35.5. The number of hydrogen-bond acceptors (Lipinski definition) is 5. The zero-order valence-electron chi connectivity index (χ0n) is 13.1. The molecule has 3 aromatic rings. The van der Waals surface area contributed by atoms with Crippen LogP contribution in [0.5, 0.6) is 5.88 Å². The Morgan fingerprint density at radius 2 is 1.76 bits per heavy atom. The Morgan fingerprint density at radius 3 is 2.40 bits per heavy atom. The van der Waals surface area contributed by atoms with Crippen molar-refractivity contribution in [1.29, 1.82) is 0 Å². The lowest BCUT2D eigenvalue weighted by Crippen LogP contribution is -2.13. The summed E-state index contributed by atoms with van der Waals surface area (Å²) in [6.07, 6.45) is 0. The number of nitrogens with one attached hydrogen (secondary N) is 1. The number of esters is 1. The number of ether oxygens (including phenoxy) is 1. The Labute approximate surface area is 147 Å². The highest BCUT2D eigenvalue weighted by Crippen LogP contribution is 2.25. The smallest absolute Gasteiger partial charge is 0.309 e. The number of halogens is 1. The number of para-hydroxylation sites is 1. The third-order valence-electron chi connectivity index (χ3n) is 3.19. The second-order valence-corrected chi connectivity index (χ2v) is 5.47. The first kappa shape index (κ1) is 16.7. The van der Waals surface area contributed by atoms with Crippen LogP contribution in [0, 0.1) is 0 Å². The summed E-state index contributed by atoms with van der Waals surface area (Å²) in [6.45, 7) is 1.23. The average Bonchev–Trinajstić information content (AvgIpc) is 2.90. The molecule has 3 rings (SSSR count). The average molecular weight is 357 g/mol. The Bertz CT molecular complexity index is 975. The monoisotopic (exact) mass is 356 g/mol. The van der Waals surface area contributed by atoms with E-state index in [4.69, 9.17) is 16.3 Å². The van der Waals surface area contributed by atoms with Gasteiger partial charge in [0.05, 0.1) is 11.4 Å². The molecule has 126 valence electrons. The standard InChI is InChI=1S/C17H13ClN4O3/c1-11(23)25-16-15(20-19-13-9-7-12(18)8-10-13)17(24)22(21-16)14-5-3-2-4-6-14/h2-10,21H,1H3. The Hall–Kier alpha value is -3.19. The summed E-state index contributed by atoms with van der Waals surface area (Å²) in [5.74, 6) is -0.650. The van der Waals surface area contributed by atoms with Gasteiger partial charge < -0.3 is 4.74 Å². The van der Waals surface area contributed by atoms with Crippen LogP contribution >= 0.6 is 11.6 Å². The molecule has 0 spiro atoms. The molecule has 1 heterocycles. The summed E-state index contributed by atoms with van der Waals surface area (Å²) >= 11 is 5.82. The lowest BCUT2D eigenvalue weighted by molar-refractivity contribution is -0.132. The second-order valence-electron chi connectivity index (χ2n) is 5.04. The quantitative estimate of drug-likeness (QED) is 0.562. The minimum Gasteiger partial charge on any atom is -0.406 e. The molecule has 0 atom stereocenters. The number of rotatable bonds is 4. The van der Waals surface area contributed by atoms with Crippen molar-refractivity contribution in [3.05, 3.63) is 70.0 Å². The topological polar surface area (TPSA) is 88.8 Å². The Morgan fingerprint density at radius 1 is 1.08 bits per heavy atom. The van der Waals surface area contributed by atoms with Gasteiger partial charge in [-0.15, -0.1) is 5.11 Å². The van der Waals surface area contributed by atoms with Crippen LogP contribution in [-0.2, 0) is 4.79 Å². The van der Waals surface area contributed by atoms with Gasteiger partial charge in [-0.25, -0.2) is 4.68 Å². The molecule has 0 aliphatic heterocycles. The number of nitrogens with zero attached hydrogens (tertiary/aromatic N) is 3. The predicted octanol–water partition coefficient (Wildman–Crippen LogP) is 4.16. The minimum absolute atomic E-state index is 0.0703. The molecule has 0 aliphatic carbocycles. The number of azo groups is 1. The van der Waals surface area contributed by atoms with Gasteiger partial charge in [0, 0.05) is 11.9 Å². The van der Waals surface area contributed by atoms with Gasteiger partial charge in [0.25, 0.3) is 0 Å². The van der Waals surface area contributed by atoms with Crippen LogP contribution in [0.25, 0.3) is 5.69 Å². The molecule has 0 amide bonds. The van der Waals surface area contributed by atoms with Crippen LogP contribution < -0.4 is 10.3 Å². The van der Waals surface area contributed by atoms with E-state index in [1.807, 2.05) is 6.07 Å². The number of aromatic nitrogens is 2. The van der Waals surface area contributed by atoms with Crippen LogP contribution in [0.1, 0.15) is 6.92 Å². The first-order chi connectivity index (χ1) is 12.0. The maximum Gasteiger partial charge on any atom is 0.309 e. The number of H-pyrrole nitrogens is 1. The van der Waals surface area contributed by atoms with E-state index < -0.39 is 11.5 Å². The number of carbonyl (C=O) groups excluding carboxylic acids is 1. The molecule has 0 unspecified atom stereocenters. The molecule has 1 aromatic heterocycles. The van der Waals surface area contributed by atoms with Crippen molar-refractivity contribution in [3.8, 4) is 11.6 Å². The fourth-order valence-corrected chi connectivity index (χ4v) is 2.21. The third kappa shape index (κ3) is 3.84. The largest absolute Gasteiger partial charge is 0.406 e. The van der Waals surface area contributed by atoms with E-state index in [1.54, 1.807) is 48.5 Å². The minimum atomic E-state index is -0.579. The highest BCUT2D eigenvalue weighted by Gasteiger charge is 2.18. The third-order valence-corrected chi connectivity index (χ3v) is 3.44. The van der Waals surface area contributed by atoms with Crippen molar-refractivity contribution in [3.63, 3.8) is 0 Å². The molecule has 0 radical (unpaired) electrons. The molecule has 1 N–H and O–H groups in total. The van der Waals surface area contributed by atoms with Crippen LogP contribution in [0.15, 0.2) is 69.6 Å². The van der Waals surface area contributed by atoms with Crippen LogP contribution in [0.2, 0.25) is 5.02 Å². The Kier molecular flexibility index (Phi) is 4.76. The fourth-order valence-electron chi connectivity index (χ4n) is 2.09. The molecule has 7 nitrogen and oxygen atoms in total. The van der Waals surface area contributed by atoms with Gasteiger partial charge in [0.1, 0.15) is 0 Å². The first-order valence-corrected chi connectivity index (χ1v) is 7.68. The summed E-state index contributed by atoms with van der Waals surface area (Å²) < 4.78 is 6.28. The van der Waals surface area contributed by atoms with E-state index in [-0.39, 0.29) is 11.6 Å². The van der Waals surface area contributed by atoms with Crippen molar-refractivity contribution in [1.82, 2.24) is 9.78 Å². The molecule has 25 heavy (non-hydrogen) atoms. The summed E-state index contributed by atoms with van der Waals surface area (Å²) in [5.41, 5.74) is 0.494. The molecule has 8 heteroatoms. The van der Waals surface area contributed by atoms with E-state index in [9.17, 15) is 9.59 Å². The van der Waals surface area contributed by atoms with Crippen molar-refractivity contribution in [2.75, 3.05) is 0 Å². The number of aromatic amines is 1. The number of carbonyl (C=O) groups is 1. The van der Waals surface area contributed by atoms with E-state index in [0.717, 1.165) is 0 Å². The van der Waals surface area contributed by atoms with Crippen LogP contribution in [0.4, 0.5) is 11.4 Å². The van der Waals surface area contributed by atoms with Crippen molar-refractivity contribution in [2.45, 2.75) is 6.92 Å². The van der Waals surface area contributed by atoms with Crippen molar-refractivity contribution in [2.24, 2.45) is 10.2 Å². The van der Waals surface area contributed by atoms with E-state index in [1.165, 1.54) is 11.6 Å². The highest BCUT2D eigenvalue weighted by molar-refractivity contribution is 6.30. The molecular formula is C17H13ClN4O3. The molecule has 2 aromatic carbocycles. The molecular weight excluding hydrogens is 344 g/mol. The summed E-state index contributed by atoms with van der Waals surface area (Å²) in [4.78, 5) is 23.9. The number of benzene rings is 2. The van der Waals surface area contributed by atoms with Gasteiger partial charge in [0.15, 0.2) is 0 Å². The van der Waals surface area contributed by atoms with Crippen molar-refractivity contribution >= 4 is 28.9 Å². The van der Waals surface area contributed by atoms with Crippen molar-refractivity contribution < 1.29 is 9.53 Å². The molecule has 0 bridgehead atoms. The van der Waals surface area contributed by atoms with Gasteiger partial charge >= 0.3 is 11.5 Å². The zero-order valence-corrected chi connectivity index (χ0v) is 13.9. The number of hydrogen-bond donors (Lipinski definition) is 1. The maximum atomic E-state index is 12.6. The second kappa shape index (κ2) is 7.14. The summed E-state index contributed by atoms with van der Waals surface area (Å²) in [7, 11) is 0. The van der Waals surface area contributed by atoms with Gasteiger partial charge in [0.2, 0.25) is 11.6 Å². The summed E-state index contributed by atoms with van der Waals surface area (Å²) in [6, 6.07) is 15.5. The first-order valence-electron chi connectivity index (χ1n) is 7.31. The van der Waals surface area contributed by atoms with Gasteiger partial charge in [-0.1, -0.05) is 29.8 Å². The molecule has 0 aliphatic rings. The SMILES string of the molecule is CC(=O)Oc1[nH]n(-c2ccccc2)c(=O)c1N=Nc1ccc(Cl)cc1. The van der Waals surface area contributed by atoms with Crippen LogP contribution in [-0.4, -0.2) is 15.7 Å². The Balaban J connectivity index is 2.04. The van der Waals surface area contributed by atoms with Gasteiger partial charge in [-0.05, 0) is 36.4 Å². The molecule has 0 saturated heterocycles. The maximum absolute atomic E-state index is 12.6. The summed E-state index contributed by atoms with van der Waals surface area (Å²) in [5, 5.41) is 11.2. The predicted molar refractivity (Wildman–Crippen MR) is 93.3 cm³/mol. The molecule has 0 fully saturated rings. The van der Waals surface area contributed by atoms with E-state index in [2.05, 4.69) is 15.3 Å². The lowest BCUT2D eigenvalue weighted by atomic mass is 10.3. The van der Waals surface area contributed by atoms with Gasteiger partial charge in [-0.2, -0.15) is 5.11 Å². The van der Waals surface area contributed by atoms with Gasteiger partial charge in [-0.3, -0.25) is 14.7 Å². The van der Waals surface area contributed by atoms with E-state index >= 15 is 0 Å².